The molecule has 1 saturated heterocycles. The van der Waals surface area contributed by atoms with Gasteiger partial charge in [-0.2, -0.15) is 5.10 Å². The third kappa shape index (κ3) is 4.13. The van der Waals surface area contributed by atoms with Crippen molar-refractivity contribution in [3.8, 4) is 11.1 Å². The van der Waals surface area contributed by atoms with Gasteiger partial charge in [-0.15, -0.1) is 0 Å². The third-order valence-corrected chi connectivity index (χ3v) is 5.59. The first kappa shape index (κ1) is 19.9. The van der Waals surface area contributed by atoms with Crippen molar-refractivity contribution in [2.24, 2.45) is 0 Å². The molecule has 0 spiro atoms. The Kier molecular flexibility index (Phi) is 5.93. The predicted molar refractivity (Wildman–Crippen MR) is 117 cm³/mol. The molecule has 0 saturated carbocycles. The van der Waals surface area contributed by atoms with Crippen LogP contribution in [0.25, 0.3) is 11.1 Å². The van der Waals surface area contributed by atoms with Crippen molar-refractivity contribution in [3.63, 3.8) is 0 Å². The monoisotopic (exact) mass is 402 g/mol. The molecule has 4 rings (SSSR count). The summed E-state index contributed by atoms with van der Waals surface area (Å²) >= 11 is 0. The molecule has 154 valence electrons. The zero-order chi connectivity index (χ0) is 20.9. The quantitative estimate of drug-likeness (QED) is 0.674. The standard InChI is InChI=1S/C24H26N4O2/c1-2-3-11-21-16-27(23(29)17-28(21)24(30)22-13-14-25-26-22)20-12-7-10-19(15-20)18-8-5-4-6-9-18/h4-10,12-15,21H,2-3,11,16-17H2,1H3,(H,25,26)/t21-/m1/s1. The topological polar surface area (TPSA) is 69.3 Å². The smallest absolute Gasteiger partial charge is 0.272 e. The Labute approximate surface area is 176 Å². The van der Waals surface area contributed by atoms with Crippen LogP contribution in [0.4, 0.5) is 5.69 Å². The average Bonchev–Trinajstić information content (AvgIpc) is 3.33. The summed E-state index contributed by atoms with van der Waals surface area (Å²) in [5, 5.41) is 6.61. The molecule has 6 nitrogen and oxygen atoms in total. The molecular formula is C24H26N4O2. The molecule has 6 heteroatoms. The first-order chi connectivity index (χ1) is 14.7. The van der Waals surface area contributed by atoms with Crippen LogP contribution in [0.2, 0.25) is 0 Å². The van der Waals surface area contributed by atoms with Gasteiger partial charge in [-0.3, -0.25) is 14.7 Å². The van der Waals surface area contributed by atoms with E-state index in [1.807, 2.05) is 35.2 Å². The van der Waals surface area contributed by atoms with Crippen LogP contribution in [0.15, 0.2) is 66.9 Å². The van der Waals surface area contributed by atoms with Gasteiger partial charge in [-0.25, -0.2) is 0 Å². The molecule has 1 aromatic heterocycles. The number of carbonyl (C=O) groups is 2. The molecule has 0 unspecified atom stereocenters. The van der Waals surface area contributed by atoms with Crippen molar-refractivity contribution in [1.82, 2.24) is 15.1 Å². The fourth-order valence-corrected chi connectivity index (χ4v) is 3.96. The maximum Gasteiger partial charge on any atom is 0.272 e. The number of H-pyrrole nitrogens is 1. The first-order valence-electron chi connectivity index (χ1n) is 10.4. The fraction of sp³-hybridized carbons (Fsp3) is 0.292. The summed E-state index contributed by atoms with van der Waals surface area (Å²) in [6.45, 7) is 2.70. The SMILES string of the molecule is CCCC[C@@H]1CN(c2cccc(-c3ccccc3)c2)C(=O)CN1C(=O)c1ccn[nH]1. The second-order valence-corrected chi connectivity index (χ2v) is 7.62. The zero-order valence-electron chi connectivity index (χ0n) is 17.1. The molecule has 1 N–H and O–H groups in total. The zero-order valence-corrected chi connectivity index (χ0v) is 17.1. The van der Waals surface area contributed by atoms with E-state index in [2.05, 4.69) is 41.4 Å². The van der Waals surface area contributed by atoms with E-state index in [1.54, 1.807) is 17.2 Å². The van der Waals surface area contributed by atoms with Crippen LogP contribution in [-0.2, 0) is 4.79 Å². The van der Waals surface area contributed by atoms with Crippen LogP contribution >= 0.6 is 0 Å². The Morgan fingerprint density at radius 1 is 1.10 bits per heavy atom. The fourth-order valence-electron chi connectivity index (χ4n) is 3.96. The first-order valence-corrected chi connectivity index (χ1v) is 10.4. The van der Waals surface area contributed by atoms with E-state index in [4.69, 9.17) is 0 Å². The summed E-state index contributed by atoms with van der Waals surface area (Å²) in [7, 11) is 0. The number of carbonyl (C=O) groups excluding carboxylic acids is 2. The summed E-state index contributed by atoms with van der Waals surface area (Å²) in [6, 6.07) is 19.8. The number of hydrogen-bond donors (Lipinski definition) is 1. The Balaban J connectivity index is 1.60. The van der Waals surface area contributed by atoms with E-state index < -0.39 is 0 Å². The number of hydrogen-bond acceptors (Lipinski definition) is 3. The lowest BCUT2D eigenvalue weighted by molar-refractivity contribution is -0.121. The lowest BCUT2D eigenvalue weighted by Gasteiger charge is -2.41. The largest absolute Gasteiger partial charge is 0.323 e. The van der Waals surface area contributed by atoms with Gasteiger partial charge in [0.25, 0.3) is 5.91 Å². The van der Waals surface area contributed by atoms with Crippen molar-refractivity contribution in [3.05, 3.63) is 72.6 Å². The van der Waals surface area contributed by atoms with Crippen molar-refractivity contribution >= 4 is 17.5 Å². The van der Waals surface area contributed by atoms with E-state index in [0.29, 0.717) is 12.2 Å². The number of nitrogens with one attached hydrogen (secondary N) is 1. The molecule has 0 aliphatic carbocycles. The number of piperazine rings is 1. The molecule has 0 radical (unpaired) electrons. The minimum absolute atomic E-state index is 0.0289. The minimum atomic E-state index is -0.167. The van der Waals surface area contributed by atoms with Gasteiger partial charge >= 0.3 is 0 Å². The second-order valence-electron chi connectivity index (χ2n) is 7.62. The van der Waals surface area contributed by atoms with Crippen LogP contribution in [0.3, 0.4) is 0 Å². The number of rotatable bonds is 6. The molecule has 1 atom stereocenters. The molecule has 2 amide bonds. The summed E-state index contributed by atoms with van der Waals surface area (Å²) in [5.41, 5.74) is 3.48. The summed E-state index contributed by atoms with van der Waals surface area (Å²) < 4.78 is 0. The number of nitrogens with zero attached hydrogens (tertiary/aromatic N) is 3. The van der Waals surface area contributed by atoms with E-state index in [-0.39, 0.29) is 24.4 Å². The highest BCUT2D eigenvalue weighted by Crippen LogP contribution is 2.28. The lowest BCUT2D eigenvalue weighted by atomic mass is 10.0. The molecule has 2 aromatic carbocycles. The van der Waals surface area contributed by atoms with Crippen LogP contribution in [-0.4, -0.2) is 46.0 Å². The van der Waals surface area contributed by atoms with Gasteiger partial charge in [-0.05, 0) is 35.7 Å². The highest BCUT2D eigenvalue weighted by atomic mass is 16.2. The number of unbranched alkanes of at least 4 members (excludes halogenated alkanes) is 1. The van der Waals surface area contributed by atoms with Crippen molar-refractivity contribution in [2.45, 2.75) is 32.2 Å². The van der Waals surface area contributed by atoms with Gasteiger partial charge in [0.05, 0.1) is 6.04 Å². The maximum atomic E-state index is 13.1. The lowest BCUT2D eigenvalue weighted by Crippen LogP contribution is -2.58. The molecule has 30 heavy (non-hydrogen) atoms. The maximum absolute atomic E-state index is 13.1. The Morgan fingerprint density at radius 2 is 1.90 bits per heavy atom. The van der Waals surface area contributed by atoms with Crippen molar-refractivity contribution in [2.75, 3.05) is 18.0 Å². The molecule has 3 aromatic rings. The third-order valence-electron chi connectivity index (χ3n) is 5.59. The highest BCUT2D eigenvalue weighted by Gasteiger charge is 2.36. The summed E-state index contributed by atoms with van der Waals surface area (Å²) in [6.07, 6.45) is 4.46. The molecule has 1 aliphatic heterocycles. The minimum Gasteiger partial charge on any atom is -0.323 e. The van der Waals surface area contributed by atoms with Gasteiger partial charge in [0.1, 0.15) is 12.2 Å². The second kappa shape index (κ2) is 8.95. The number of anilines is 1. The van der Waals surface area contributed by atoms with Gasteiger partial charge in [0, 0.05) is 18.4 Å². The van der Waals surface area contributed by atoms with Crippen molar-refractivity contribution < 1.29 is 9.59 Å². The molecular weight excluding hydrogens is 376 g/mol. The van der Waals surface area contributed by atoms with E-state index in [9.17, 15) is 9.59 Å². The van der Waals surface area contributed by atoms with Crippen LogP contribution in [0.5, 0.6) is 0 Å². The van der Waals surface area contributed by atoms with E-state index >= 15 is 0 Å². The number of amides is 2. The van der Waals surface area contributed by atoms with E-state index in [1.165, 1.54) is 0 Å². The Morgan fingerprint density at radius 3 is 2.63 bits per heavy atom. The summed E-state index contributed by atoms with van der Waals surface area (Å²) in [4.78, 5) is 29.5. The van der Waals surface area contributed by atoms with Crippen molar-refractivity contribution in [1.29, 1.82) is 0 Å². The van der Waals surface area contributed by atoms with Crippen LogP contribution in [0.1, 0.15) is 36.7 Å². The average molecular weight is 402 g/mol. The van der Waals surface area contributed by atoms with E-state index in [0.717, 1.165) is 36.1 Å². The predicted octanol–water partition coefficient (Wildman–Crippen LogP) is 4.12. The van der Waals surface area contributed by atoms with Crippen LogP contribution in [0, 0.1) is 0 Å². The summed E-state index contributed by atoms with van der Waals surface area (Å²) in [5.74, 6) is -0.236. The Hall–Kier alpha value is -3.41. The normalized spacial score (nSPS) is 16.7. The Bertz CT molecular complexity index is 1000. The molecule has 1 aliphatic rings. The number of aromatic amines is 1. The van der Waals surface area contributed by atoms with Gasteiger partial charge < -0.3 is 9.80 Å². The molecule has 2 heterocycles. The number of benzene rings is 2. The number of aromatic nitrogens is 2. The highest BCUT2D eigenvalue weighted by molar-refractivity contribution is 6.01. The molecule has 1 fully saturated rings. The van der Waals surface area contributed by atoms with Crippen LogP contribution < -0.4 is 4.90 Å². The van der Waals surface area contributed by atoms with Gasteiger partial charge in [0.15, 0.2) is 0 Å². The molecule has 0 bridgehead atoms. The van der Waals surface area contributed by atoms with Gasteiger partial charge in [-0.1, -0.05) is 62.2 Å². The van der Waals surface area contributed by atoms with Gasteiger partial charge in [0.2, 0.25) is 5.91 Å².